The second-order valence-electron chi connectivity index (χ2n) is 25.6. The van der Waals surface area contributed by atoms with E-state index in [2.05, 4.69) is 173 Å². The molecule has 3 heteroatoms. The Kier molecular flexibility index (Phi) is 7.12. The highest BCUT2D eigenvalue weighted by Crippen LogP contribution is 2.84. The van der Waals surface area contributed by atoms with E-state index in [1.54, 1.807) is 11.1 Å². The van der Waals surface area contributed by atoms with Gasteiger partial charge in [0.1, 0.15) is 0 Å². The van der Waals surface area contributed by atoms with E-state index in [1.807, 2.05) is 0 Å². The molecule has 2 aromatic heterocycles. The fourth-order valence-corrected chi connectivity index (χ4v) is 19.8. The molecule has 0 radical (unpaired) electrons. The molecule has 4 atom stereocenters. The van der Waals surface area contributed by atoms with Gasteiger partial charge in [-0.15, -0.1) is 0 Å². The van der Waals surface area contributed by atoms with Gasteiger partial charge in [0, 0.05) is 43.8 Å². The Balaban J connectivity index is 0.947. The number of fused-ring (bicyclic) bond motifs is 11. The fraction of sp³-hybridized carbons (Fsp3) is 0.304. The Labute approximate surface area is 422 Å². The van der Waals surface area contributed by atoms with Crippen LogP contribution in [0.3, 0.4) is 0 Å². The summed E-state index contributed by atoms with van der Waals surface area (Å²) in [6.07, 6.45) is 17.2. The summed E-state index contributed by atoms with van der Waals surface area (Å²) in [5.41, 5.74) is 25.0. The van der Waals surface area contributed by atoms with Crippen LogP contribution < -0.4 is 10.9 Å². The summed E-state index contributed by atoms with van der Waals surface area (Å²) in [4.78, 5) is 0. The van der Waals surface area contributed by atoms with Crippen LogP contribution in [0.5, 0.6) is 0 Å². The highest BCUT2D eigenvalue weighted by atomic mass is 15.0. The molecule has 10 aliphatic rings. The van der Waals surface area contributed by atoms with Gasteiger partial charge in [0.15, 0.2) is 0 Å². The third-order valence-corrected chi connectivity index (χ3v) is 22.6. The summed E-state index contributed by atoms with van der Waals surface area (Å²) in [5, 5.41) is 5.70. The van der Waals surface area contributed by atoms with Crippen LogP contribution in [0.25, 0.3) is 93.8 Å². The first kappa shape index (κ1) is 39.0. The molecule has 20 rings (SSSR count). The Hall–Kier alpha value is -6.58. The molecule has 2 nitrogen and oxygen atoms in total. The Bertz CT molecular complexity index is 4040. The van der Waals surface area contributed by atoms with E-state index in [1.165, 1.54) is 182 Å². The topological polar surface area (TPSA) is 9.86 Å². The van der Waals surface area contributed by atoms with E-state index in [-0.39, 0.29) is 12.3 Å². The molecule has 0 N–H and O–H groups in total. The highest BCUT2D eigenvalue weighted by Gasteiger charge is 2.77. The van der Waals surface area contributed by atoms with Crippen LogP contribution in [0.1, 0.15) is 88.2 Å². The van der Waals surface area contributed by atoms with E-state index in [0.717, 1.165) is 35.5 Å². The maximum absolute atomic E-state index is 2.90. The van der Waals surface area contributed by atoms with Crippen molar-refractivity contribution >= 4 is 61.4 Å². The molecule has 8 fully saturated rings. The quantitative estimate of drug-likeness (QED) is 0.152. The Morgan fingerprint density at radius 1 is 0.431 bits per heavy atom. The van der Waals surface area contributed by atoms with Crippen molar-refractivity contribution in [2.45, 2.75) is 87.9 Å². The maximum atomic E-state index is 2.90. The van der Waals surface area contributed by atoms with Gasteiger partial charge in [-0.25, -0.2) is 0 Å². The molecular formula is C69H57BN2. The first-order chi connectivity index (χ1) is 35.5. The summed E-state index contributed by atoms with van der Waals surface area (Å²) < 4.78 is 5.60. The summed E-state index contributed by atoms with van der Waals surface area (Å²) in [6, 6.07) is 64.9. The monoisotopic (exact) mass is 924 g/mol. The van der Waals surface area contributed by atoms with Crippen molar-refractivity contribution in [1.82, 2.24) is 9.05 Å². The molecule has 8 aliphatic carbocycles. The van der Waals surface area contributed by atoms with Gasteiger partial charge in [-0.3, -0.25) is 0 Å². The number of hydrogen-bond donors (Lipinski definition) is 0. The first-order valence-corrected chi connectivity index (χ1v) is 28.1. The van der Waals surface area contributed by atoms with E-state index in [4.69, 9.17) is 0 Å². The van der Waals surface area contributed by atoms with Crippen LogP contribution in [-0.4, -0.2) is 15.9 Å². The molecule has 10 aromatic rings. The third-order valence-electron chi connectivity index (χ3n) is 22.6. The van der Waals surface area contributed by atoms with Gasteiger partial charge in [-0.1, -0.05) is 109 Å². The van der Waals surface area contributed by atoms with Crippen LogP contribution >= 0.6 is 0 Å². The van der Waals surface area contributed by atoms with Crippen LogP contribution in [-0.2, 0) is 10.8 Å². The normalized spacial score (nSPS) is 30.2. The molecule has 72 heavy (non-hydrogen) atoms. The zero-order valence-corrected chi connectivity index (χ0v) is 41.0. The molecule has 4 unspecified atom stereocenters. The highest BCUT2D eigenvalue weighted by molar-refractivity contribution is 6.90. The predicted molar refractivity (Wildman–Crippen MR) is 298 cm³/mol. The minimum absolute atomic E-state index is 0.00498. The van der Waals surface area contributed by atoms with E-state index < -0.39 is 0 Å². The molecule has 0 saturated heterocycles. The van der Waals surface area contributed by atoms with Gasteiger partial charge in [-0.2, -0.15) is 0 Å². The smallest absolute Gasteiger partial charge is 0.333 e. The Morgan fingerprint density at radius 3 is 1.81 bits per heavy atom. The van der Waals surface area contributed by atoms with Gasteiger partial charge >= 0.3 is 6.85 Å². The summed E-state index contributed by atoms with van der Waals surface area (Å²) >= 11 is 0. The van der Waals surface area contributed by atoms with E-state index in [0.29, 0.717) is 10.8 Å². The van der Waals surface area contributed by atoms with Gasteiger partial charge in [0.2, 0.25) is 0 Å². The van der Waals surface area contributed by atoms with Gasteiger partial charge in [0.05, 0.1) is 11.0 Å². The lowest BCUT2D eigenvalue weighted by atomic mass is 9.38. The van der Waals surface area contributed by atoms with Crippen molar-refractivity contribution in [2.75, 3.05) is 0 Å². The summed E-state index contributed by atoms with van der Waals surface area (Å²) in [7, 11) is 0. The Morgan fingerprint density at radius 2 is 1.07 bits per heavy atom. The largest absolute Gasteiger partial charge is 0.375 e. The minimum atomic E-state index is 0.00498. The van der Waals surface area contributed by atoms with Crippen LogP contribution in [0, 0.1) is 40.9 Å². The minimum Gasteiger partial charge on any atom is -0.375 e. The van der Waals surface area contributed by atoms with Crippen molar-refractivity contribution < 1.29 is 0 Å². The van der Waals surface area contributed by atoms with Gasteiger partial charge in [0.25, 0.3) is 0 Å². The molecule has 8 aromatic carbocycles. The zero-order chi connectivity index (χ0) is 46.4. The molecule has 6 bridgehead atoms. The second-order valence-corrected chi connectivity index (χ2v) is 25.6. The van der Waals surface area contributed by atoms with Crippen molar-refractivity contribution in [3.63, 3.8) is 0 Å². The first-order valence-electron chi connectivity index (χ1n) is 28.1. The van der Waals surface area contributed by atoms with Crippen molar-refractivity contribution in [3.05, 3.63) is 175 Å². The SMILES string of the molecule is c1ccc(-c2cc3c4c(c2)-n2c5ccc(-c6ccccc6)cc5c5cc(-c6ccccc6)cc(c52)B4n2c4ccc(C56CC7CC8CC(C5)C87C6)cc4c4cc(C56CCC(CC7CC(C7)C5)C6)cc-3c42)cc1. The van der Waals surface area contributed by atoms with E-state index >= 15 is 0 Å². The lowest BCUT2D eigenvalue weighted by molar-refractivity contribution is -0.175. The predicted octanol–water partition coefficient (Wildman–Crippen LogP) is 15.8. The average Bonchev–Trinajstić information content (AvgIpc) is 4.22. The number of aromatic nitrogens is 2. The summed E-state index contributed by atoms with van der Waals surface area (Å²) in [6.45, 7) is 0.00498. The lowest BCUT2D eigenvalue weighted by Gasteiger charge is -2.66. The second kappa shape index (κ2) is 13.1. The van der Waals surface area contributed by atoms with Crippen LogP contribution in [0.2, 0.25) is 0 Å². The number of benzene rings is 8. The average molecular weight is 925 g/mol. The maximum Gasteiger partial charge on any atom is 0.333 e. The zero-order valence-electron chi connectivity index (χ0n) is 41.0. The lowest BCUT2D eigenvalue weighted by Crippen LogP contribution is -2.59. The van der Waals surface area contributed by atoms with E-state index in [9.17, 15) is 0 Å². The molecule has 1 spiro atoms. The molecule has 8 saturated carbocycles. The molecule has 4 heterocycles. The number of hydrogen-bond acceptors (Lipinski definition) is 0. The molecular weight excluding hydrogens is 868 g/mol. The van der Waals surface area contributed by atoms with Crippen LogP contribution in [0.4, 0.5) is 0 Å². The molecule has 2 aliphatic heterocycles. The standard InChI is InChI=1S/C69H57BN2/c1-4-10-43(11-5-1)46-16-18-61-54(25-46)57-27-47(44-12-6-2-7-13-44)28-60-66(57)71(61)63-29-48(45-14-8-3-9-15-45)26-56-59-34-50(67-21-20-40(35-67)22-41-23-42(24-41)36-67)33-58-55-32-49(17-19-62(55)72(65(58)59)70(60)64(56)63)68-37-52-30-51-31-53(38-68)69(51,52)39-68/h1-19,25-29,32-34,40-42,51-53H,20-24,30-31,35-39H2. The van der Waals surface area contributed by atoms with Crippen molar-refractivity contribution in [2.24, 2.45) is 40.9 Å². The molecule has 0 amide bonds. The third kappa shape index (κ3) is 4.70. The van der Waals surface area contributed by atoms with Crippen molar-refractivity contribution in [1.29, 1.82) is 0 Å². The fourth-order valence-electron chi connectivity index (χ4n) is 19.8. The number of nitrogens with zero attached hydrogens (tertiary/aromatic N) is 2. The summed E-state index contributed by atoms with van der Waals surface area (Å²) in [5.74, 6) is 5.70. The van der Waals surface area contributed by atoms with Gasteiger partial charge in [-0.05, 0) is 244 Å². The van der Waals surface area contributed by atoms with Crippen molar-refractivity contribution in [3.8, 4) is 50.2 Å². The number of rotatable bonds is 5. The van der Waals surface area contributed by atoms with Gasteiger partial charge < -0.3 is 9.05 Å². The van der Waals surface area contributed by atoms with Crippen LogP contribution in [0.15, 0.2) is 164 Å². The molecule has 346 valence electrons.